The monoisotopic (exact) mass is 452 g/mol. The molecule has 0 bridgehead atoms. The molecule has 4 rings (SSSR count). The molecule has 7 nitrogen and oxygen atoms in total. The van der Waals surface area contributed by atoms with Gasteiger partial charge in [-0.15, -0.1) is 6.58 Å². The number of carbonyl (C=O) groups is 2. The van der Waals surface area contributed by atoms with Gasteiger partial charge in [0, 0.05) is 19.5 Å². The minimum absolute atomic E-state index is 0.0104. The third-order valence-electron chi connectivity index (χ3n) is 6.36. The van der Waals surface area contributed by atoms with Crippen LogP contribution in [0.3, 0.4) is 0 Å². The summed E-state index contributed by atoms with van der Waals surface area (Å²) in [6, 6.07) is 9.30. The molecule has 0 unspecified atom stereocenters. The topological polar surface area (TPSA) is 72.2 Å². The summed E-state index contributed by atoms with van der Waals surface area (Å²) in [6.45, 7) is 5.03. The second kappa shape index (κ2) is 11.1. The van der Waals surface area contributed by atoms with Gasteiger partial charge in [0.25, 0.3) is 0 Å². The predicted octanol–water partition coefficient (Wildman–Crippen LogP) is 4.52. The van der Waals surface area contributed by atoms with Crippen molar-refractivity contribution in [2.24, 2.45) is 5.92 Å². The molecule has 1 saturated carbocycles. The highest BCUT2D eigenvalue weighted by Crippen LogP contribution is 2.33. The second-order valence-electron chi connectivity index (χ2n) is 8.77. The van der Waals surface area contributed by atoms with Crippen LogP contribution in [0.2, 0.25) is 0 Å². The summed E-state index contributed by atoms with van der Waals surface area (Å²) in [6.07, 6.45) is 9.58. The number of fused-ring (bicyclic) bond motifs is 1. The van der Waals surface area contributed by atoms with Crippen LogP contribution in [-0.2, 0) is 22.7 Å². The maximum absolute atomic E-state index is 13.4. The lowest BCUT2D eigenvalue weighted by molar-refractivity contribution is -0.141. The van der Waals surface area contributed by atoms with Crippen molar-refractivity contribution in [3.8, 4) is 11.5 Å². The Morgan fingerprint density at radius 2 is 1.85 bits per heavy atom. The number of hydrogen-bond acceptors (Lipinski definition) is 5. The van der Waals surface area contributed by atoms with Crippen molar-refractivity contribution in [2.45, 2.75) is 51.6 Å². The van der Waals surface area contributed by atoms with Gasteiger partial charge in [-0.05, 0) is 42.2 Å². The molecule has 1 aromatic heterocycles. The molecule has 0 atom stereocenters. The third kappa shape index (κ3) is 6.18. The second-order valence-corrected chi connectivity index (χ2v) is 8.77. The van der Waals surface area contributed by atoms with Crippen LogP contribution in [0.25, 0.3) is 0 Å². The maximum atomic E-state index is 13.4. The highest BCUT2D eigenvalue weighted by Gasteiger charge is 2.24. The predicted molar refractivity (Wildman–Crippen MR) is 123 cm³/mol. The fourth-order valence-electron chi connectivity index (χ4n) is 4.54. The smallest absolute Gasteiger partial charge is 0.242 e. The lowest BCUT2D eigenvalue weighted by Gasteiger charge is -2.27. The Morgan fingerprint density at radius 3 is 2.61 bits per heavy atom. The van der Waals surface area contributed by atoms with E-state index in [1.165, 1.54) is 25.7 Å². The number of carbonyl (C=O) groups excluding carboxylic acids is 2. The van der Waals surface area contributed by atoms with Gasteiger partial charge in [0.05, 0.1) is 12.8 Å². The third-order valence-corrected chi connectivity index (χ3v) is 6.36. The van der Waals surface area contributed by atoms with Gasteiger partial charge in [-0.3, -0.25) is 9.59 Å². The highest BCUT2D eigenvalue weighted by atomic mass is 16.7. The lowest BCUT2D eigenvalue weighted by atomic mass is 10.0. The molecule has 0 spiro atoms. The van der Waals surface area contributed by atoms with E-state index in [9.17, 15) is 9.59 Å². The molecule has 7 heteroatoms. The molecule has 1 fully saturated rings. The summed E-state index contributed by atoms with van der Waals surface area (Å²) < 4.78 is 16.3. The number of rotatable bonds is 11. The van der Waals surface area contributed by atoms with E-state index in [0.717, 1.165) is 12.0 Å². The number of benzene rings is 1. The van der Waals surface area contributed by atoms with Crippen molar-refractivity contribution >= 4 is 11.8 Å². The standard InChI is InChI=1S/C26H32N2O5/c1-2-13-27(25(29)12-10-20-6-3-4-7-20)18-26(30)28(17-22-8-5-14-31-22)16-21-9-11-23-24(15-21)33-19-32-23/h2,5,8-9,11,14-15,20H,1,3-4,6-7,10,12-13,16-19H2. The first-order valence-electron chi connectivity index (χ1n) is 11.7. The average molecular weight is 453 g/mol. The Kier molecular flexibility index (Phi) is 7.70. The molecule has 2 amide bonds. The molecule has 2 aliphatic rings. The minimum Gasteiger partial charge on any atom is -0.467 e. The number of nitrogens with zero attached hydrogens (tertiary/aromatic N) is 2. The van der Waals surface area contributed by atoms with Gasteiger partial charge in [-0.25, -0.2) is 0 Å². The maximum Gasteiger partial charge on any atom is 0.242 e. The summed E-state index contributed by atoms with van der Waals surface area (Å²) in [5, 5.41) is 0. The molecule has 0 N–H and O–H groups in total. The Morgan fingerprint density at radius 1 is 1.03 bits per heavy atom. The Hall–Kier alpha value is -3.22. The van der Waals surface area contributed by atoms with Crippen LogP contribution < -0.4 is 9.47 Å². The van der Waals surface area contributed by atoms with E-state index >= 15 is 0 Å². The Balaban J connectivity index is 1.43. The van der Waals surface area contributed by atoms with Crippen LogP contribution in [0.5, 0.6) is 11.5 Å². The Labute approximate surface area is 194 Å². The fraction of sp³-hybridized carbons (Fsp3) is 0.462. The zero-order valence-electron chi connectivity index (χ0n) is 19.0. The van der Waals surface area contributed by atoms with E-state index in [1.807, 2.05) is 24.3 Å². The fourth-order valence-corrected chi connectivity index (χ4v) is 4.54. The lowest BCUT2D eigenvalue weighted by Crippen LogP contribution is -2.42. The summed E-state index contributed by atoms with van der Waals surface area (Å²) in [7, 11) is 0. The van der Waals surface area contributed by atoms with Crippen LogP contribution >= 0.6 is 0 Å². The van der Waals surface area contributed by atoms with E-state index in [-0.39, 0.29) is 25.2 Å². The molecular formula is C26H32N2O5. The van der Waals surface area contributed by atoms with Crippen molar-refractivity contribution in [3.05, 3.63) is 60.6 Å². The summed E-state index contributed by atoms with van der Waals surface area (Å²) in [5.41, 5.74) is 0.919. The van der Waals surface area contributed by atoms with Gasteiger partial charge in [0.1, 0.15) is 12.3 Å². The van der Waals surface area contributed by atoms with E-state index in [0.29, 0.717) is 49.2 Å². The van der Waals surface area contributed by atoms with Crippen molar-refractivity contribution in [1.82, 2.24) is 9.80 Å². The summed E-state index contributed by atoms with van der Waals surface area (Å²) in [4.78, 5) is 29.6. The van der Waals surface area contributed by atoms with Crippen LogP contribution in [0, 0.1) is 5.92 Å². The zero-order valence-corrected chi connectivity index (χ0v) is 19.0. The molecule has 1 aromatic carbocycles. The Bertz CT molecular complexity index is 950. The van der Waals surface area contributed by atoms with Gasteiger partial charge < -0.3 is 23.7 Å². The van der Waals surface area contributed by atoms with Gasteiger partial charge in [0.15, 0.2) is 11.5 Å². The number of hydrogen-bond donors (Lipinski definition) is 0. The van der Waals surface area contributed by atoms with Gasteiger partial charge in [-0.1, -0.05) is 37.8 Å². The van der Waals surface area contributed by atoms with Crippen molar-refractivity contribution in [1.29, 1.82) is 0 Å². The molecule has 2 aromatic rings. The minimum atomic E-state index is -0.139. The van der Waals surface area contributed by atoms with Crippen LogP contribution in [-0.4, -0.2) is 41.5 Å². The van der Waals surface area contributed by atoms with Crippen molar-refractivity contribution < 1.29 is 23.5 Å². The van der Waals surface area contributed by atoms with Gasteiger partial charge in [-0.2, -0.15) is 0 Å². The summed E-state index contributed by atoms with van der Waals surface area (Å²) >= 11 is 0. The van der Waals surface area contributed by atoms with Gasteiger partial charge >= 0.3 is 0 Å². The van der Waals surface area contributed by atoms with Crippen molar-refractivity contribution in [3.63, 3.8) is 0 Å². The number of ether oxygens (including phenoxy) is 2. The van der Waals surface area contributed by atoms with E-state index in [1.54, 1.807) is 28.2 Å². The quantitative estimate of drug-likeness (QED) is 0.469. The first-order valence-corrected chi connectivity index (χ1v) is 11.7. The normalized spacial score (nSPS) is 14.9. The highest BCUT2D eigenvalue weighted by molar-refractivity contribution is 5.85. The molecule has 2 heterocycles. The molecule has 176 valence electrons. The molecule has 1 aliphatic carbocycles. The molecule has 0 radical (unpaired) electrons. The first-order chi connectivity index (χ1) is 16.1. The van der Waals surface area contributed by atoms with Gasteiger partial charge in [0.2, 0.25) is 18.6 Å². The first kappa shape index (κ1) is 23.0. The number of furan rings is 1. The average Bonchev–Trinajstić information content (AvgIpc) is 3.59. The number of amides is 2. The van der Waals surface area contributed by atoms with Crippen molar-refractivity contribution in [2.75, 3.05) is 19.9 Å². The molecule has 0 saturated heterocycles. The van der Waals surface area contributed by atoms with Crippen LogP contribution in [0.4, 0.5) is 0 Å². The van der Waals surface area contributed by atoms with Crippen LogP contribution in [0.15, 0.2) is 53.7 Å². The van der Waals surface area contributed by atoms with Crippen LogP contribution in [0.1, 0.15) is 49.8 Å². The summed E-state index contributed by atoms with van der Waals surface area (Å²) in [5.74, 6) is 2.57. The molecular weight excluding hydrogens is 420 g/mol. The zero-order chi connectivity index (χ0) is 23.0. The van der Waals surface area contributed by atoms with E-state index in [4.69, 9.17) is 13.9 Å². The SMILES string of the molecule is C=CCN(CC(=O)N(Cc1ccc2c(c1)OCO2)Cc1ccco1)C(=O)CCC1CCCC1. The van der Waals surface area contributed by atoms with E-state index in [2.05, 4.69) is 6.58 Å². The molecule has 1 aliphatic heterocycles. The largest absolute Gasteiger partial charge is 0.467 e. The molecule has 33 heavy (non-hydrogen) atoms. The van der Waals surface area contributed by atoms with E-state index < -0.39 is 0 Å².